The first-order valence-corrected chi connectivity index (χ1v) is 10.1. The van der Waals surface area contributed by atoms with E-state index in [4.69, 9.17) is 0 Å². The minimum atomic E-state index is 0.203. The highest BCUT2D eigenvalue weighted by Crippen LogP contribution is 2.39. The molecule has 1 amide bonds. The Morgan fingerprint density at radius 3 is 2.60 bits per heavy atom. The van der Waals surface area contributed by atoms with Crippen molar-refractivity contribution in [3.63, 3.8) is 0 Å². The summed E-state index contributed by atoms with van der Waals surface area (Å²) in [5.74, 6) is 3.35. The van der Waals surface area contributed by atoms with Crippen LogP contribution in [0.5, 0.6) is 0 Å². The zero-order valence-corrected chi connectivity index (χ0v) is 16.2. The van der Waals surface area contributed by atoms with E-state index < -0.39 is 0 Å². The van der Waals surface area contributed by atoms with Crippen LogP contribution in [0.3, 0.4) is 0 Å². The molecular formula is C20H34N4O. The van der Waals surface area contributed by atoms with E-state index in [1.54, 1.807) is 0 Å². The fourth-order valence-corrected chi connectivity index (χ4v) is 4.39. The van der Waals surface area contributed by atoms with Crippen molar-refractivity contribution >= 4 is 5.91 Å². The highest BCUT2D eigenvalue weighted by Gasteiger charge is 2.32. The predicted molar refractivity (Wildman–Crippen MR) is 99.2 cm³/mol. The second-order valence-electron chi connectivity index (χ2n) is 8.95. The van der Waals surface area contributed by atoms with Crippen LogP contribution in [0, 0.1) is 17.3 Å². The van der Waals surface area contributed by atoms with Gasteiger partial charge in [0.05, 0.1) is 0 Å². The number of nitrogens with one attached hydrogen (secondary N) is 1. The van der Waals surface area contributed by atoms with Gasteiger partial charge in [-0.15, -0.1) is 10.2 Å². The Hall–Kier alpha value is -1.39. The third-order valence-electron chi connectivity index (χ3n) is 6.16. The van der Waals surface area contributed by atoms with Crippen molar-refractivity contribution in [2.24, 2.45) is 17.3 Å². The van der Waals surface area contributed by atoms with E-state index in [0.717, 1.165) is 49.8 Å². The summed E-state index contributed by atoms with van der Waals surface area (Å²) in [6, 6.07) is 0. The van der Waals surface area contributed by atoms with Crippen LogP contribution in [0.2, 0.25) is 0 Å². The molecule has 0 aromatic carbocycles. The molecule has 5 nitrogen and oxygen atoms in total. The Morgan fingerprint density at radius 1 is 1.12 bits per heavy atom. The first-order chi connectivity index (χ1) is 11.9. The van der Waals surface area contributed by atoms with Crippen molar-refractivity contribution in [1.82, 2.24) is 20.1 Å². The van der Waals surface area contributed by atoms with E-state index >= 15 is 0 Å². The molecule has 0 bridgehead atoms. The molecule has 0 saturated heterocycles. The van der Waals surface area contributed by atoms with Gasteiger partial charge in [0.15, 0.2) is 0 Å². The molecule has 1 N–H and O–H groups in total. The fraction of sp³-hybridized carbons (Fsp3) is 0.850. The number of nitrogens with zero attached hydrogens (tertiary/aromatic N) is 3. The van der Waals surface area contributed by atoms with E-state index in [0.29, 0.717) is 12.0 Å². The Morgan fingerprint density at radius 2 is 1.88 bits per heavy atom. The van der Waals surface area contributed by atoms with Crippen LogP contribution < -0.4 is 5.32 Å². The first kappa shape index (κ1) is 18.4. The summed E-state index contributed by atoms with van der Waals surface area (Å²) >= 11 is 0. The molecule has 0 radical (unpaired) electrons. The largest absolute Gasteiger partial charge is 0.355 e. The molecule has 0 spiro atoms. The average Bonchev–Trinajstić information content (AvgIpc) is 2.81. The van der Waals surface area contributed by atoms with Crippen molar-refractivity contribution in [3.8, 4) is 0 Å². The van der Waals surface area contributed by atoms with E-state index in [2.05, 4.69) is 40.9 Å². The third-order valence-corrected chi connectivity index (χ3v) is 6.16. The molecule has 1 aromatic rings. The molecule has 1 saturated carbocycles. The maximum atomic E-state index is 12.5. The minimum absolute atomic E-state index is 0.203. The second kappa shape index (κ2) is 7.88. The first-order valence-electron chi connectivity index (χ1n) is 10.1. The van der Waals surface area contributed by atoms with Crippen LogP contribution >= 0.6 is 0 Å². The van der Waals surface area contributed by atoms with Crippen molar-refractivity contribution in [2.75, 3.05) is 6.54 Å². The summed E-state index contributed by atoms with van der Waals surface area (Å²) in [6.07, 6.45) is 9.96. The fourth-order valence-electron chi connectivity index (χ4n) is 4.39. The van der Waals surface area contributed by atoms with E-state index in [1.807, 2.05) is 0 Å². The SMILES string of the molecule is CC(C)(C)C1CCC(C(=O)NCCc2nnc3n2CCCCC3)CC1. The highest BCUT2D eigenvalue weighted by molar-refractivity contribution is 5.78. The molecule has 1 aliphatic carbocycles. The Kier molecular flexibility index (Phi) is 5.80. The lowest BCUT2D eigenvalue weighted by Crippen LogP contribution is -2.36. The molecule has 140 valence electrons. The Labute approximate surface area is 152 Å². The van der Waals surface area contributed by atoms with Gasteiger partial charge in [-0.2, -0.15) is 0 Å². The van der Waals surface area contributed by atoms with Gasteiger partial charge in [0.2, 0.25) is 5.91 Å². The van der Waals surface area contributed by atoms with Gasteiger partial charge in [-0.25, -0.2) is 0 Å². The number of carbonyl (C=O) groups excluding carboxylic acids is 1. The zero-order chi connectivity index (χ0) is 17.9. The van der Waals surface area contributed by atoms with Crippen molar-refractivity contribution in [1.29, 1.82) is 0 Å². The van der Waals surface area contributed by atoms with Crippen molar-refractivity contribution in [2.45, 2.75) is 85.1 Å². The molecule has 25 heavy (non-hydrogen) atoms. The Balaban J connectivity index is 1.44. The predicted octanol–water partition coefficient (Wildman–Crippen LogP) is 3.52. The normalized spacial score (nSPS) is 24.4. The van der Waals surface area contributed by atoms with Crippen LogP contribution in [0.25, 0.3) is 0 Å². The standard InChI is InChI=1S/C20H34N4O/c1-20(2,3)16-10-8-15(9-11-16)19(25)21-13-12-18-23-22-17-7-5-4-6-14-24(17)18/h15-16H,4-14H2,1-3H3,(H,21,25). The van der Waals surface area contributed by atoms with Gasteiger partial charge >= 0.3 is 0 Å². The van der Waals surface area contributed by atoms with Crippen molar-refractivity contribution < 1.29 is 4.79 Å². The number of aromatic nitrogens is 3. The molecule has 3 rings (SSSR count). The lowest BCUT2D eigenvalue weighted by Gasteiger charge is -2.36. The quantitative estimate of drug-likeness (QED) is 0.907. The van der Waals surface area contributed by atoms with Gasteiger partial charge < -0.3 is 9.88 Å². The average molecular weight is 347 g/mol. The number of carbonyl (C=O) groups is 1. The van der Waals surface area contributed by atoms with Crippen LogP contribution in [-0.2, 0) is 24.2 Å². The summed E-state index contributed by atoms with van der Waals surface area (Å²) in [6.45, 7) is 8.66. The van der Waals surface area contributed by atoms with E-state index in [9.17, 15) is 4.79 Å². The summed E-state index contributed by atoms with van der Waals surface area (Å²) < 4.78 is 2.27. The van der Waals surface area contributed by atoms with Gasteiger partial charge in [-0.05, 0) is 49.9 Å². The Bertz CT molecular complexity index is 579. The molecule has 1 fully saturated rings. The van der Waals surface area contributed by atoms with Gasteiger partial charge in [0.1, 0.15) is 11.6 Å². The number of fused-ring (bicyclic) bond motifs is 1. The lowest BCUT2D eigenvalue weighted by molar-refractivity contribution is -0.126. The zero-order valence-electron chi connectivity index (χ0n) is 16.2. The van der Waals surface area contributed by atoms with Gasteiger partial charge in [-0.3, -0.25) is 4.79 Å². The number of amides is 1. The van der Waals surface area contributed by atoms with Gasteiger partial charge in [0, 0.05) is 31.8 Å². The molecule has 2 heterocycles. The summed E-state index contributed by atoms with van der Waals surface area (Å²) in [5, 5.41) is 11.8. The summed E-state index contributed by atoms with van der Waals surface area (Å²) in [7, 11) is 0. The lowest BCUT2D eigenvalue weighted by atomic mass is 9.69. The third kappa shape index (κ3) is 4.62. The monoisotopic (exact) mass is 346 g/mol. The van der Waals surface area contributed by atoms with Crippen LogP contribution in [0.15, 0.2) is 0 Å². The van der Waals surface area contributed by atoms with Crippen LogP contribution in [0.1, 0.15) is 77.4 Å². The van der Waals surface area contributed by atoms with E-state index in [-0.39, 0.29) is 11.8 Å². The van der Waals surface area contributed by atoms with Crippen molar-refractivity contribution in [3.05, 3.63) is 11.6 Å². The molecular weight excluding hydrogens is 312 g/mol. The van der Waals surface area contributed by atoms with Gasteiger partial charge in [-0.1, -0.05) is 27.2 Å². The van der Waals surface area contributed by atoms with E-state index in [1.165, 1.54) is 32.1 Å². The maximum absolute atomic E-state index is 12.5. The molecule has 1 aliphatic heterocycles. The molecule has 5 heteroatoms. The summed E-state index contributed by atoms with van der Waals surface area (Å²) in [5.41, 5.74) is 0.368. The smallest absolute Gasteiger partial charge is 0.223 e. The topological polar surface area (TPSA) is 59.8 Å². The molecule has 2 aliphatic rings. The molecule has 0 atom stereocenters. The molecule has 0 unspecified atom stereocenters. The highest BCUT2D eigenvalue weighted by atomic mass is 16.1. The van der Waals surface area contributed by atoms with Gasteiger partial charge in [0.25, 0.3) is 0 Å². The number of aryl methyl sites for hydroxylation is 1. The second-order valence-corrected chi connectivity index (χ2v) is 8.95. The number of rotatable bonds is 4. The molecule has 1 aromatic heterocycles. The maximum Gasteiger partial charge on any atom is 0.223 e. The van der Waals surface area contributed by atoms with Crippen LogP contribution in [0.4, 0.5) is 0 Å². The minimum Gasteiger partial charge on any atom is -0.355 e. The summed E-state index contributed by atoms with van der Waals surface area (Å²) in [4.78, 5) is 12.5. The number of hydrogen-bond acceptors (Lipinski definition) is 3. The van der Waals surface area contributed by atoms with Crippen LogP contribution in [-0.4, -0.2) is 27.2 Å². The number of hydrogen-bond donors (Lipinski definition) is 1.